The Morgan fingerprint density at radius 2 is 2.05 bits per heavy atom. The molecule has 38 heavy (non-hydrogen) atoms. The smallest absolute Gasteiger partial charge is 0.325 e. The maximum atomic E-state index is 14.8. The van der Waals surface area contributed by atoms with Gasteiger partial charge in [0.15, 0.2) is 11.6 Å². The number of anilines is 1. The first-order valence-corrected chi connectivity index (χ1v) is 14.0. The van der Waals surface area contributed by atoms with E-state index in [1.807, 2.05) is 31.0 Å². The Balaban J connectivity index is 1.19. The molecular formula is C30H42FN3O4. The van der Waals surface area contributed by atoms with Gasteiger partial charge in [0.05, 0.1) is 13.2 Å². The van der Waals surface area contributed by atoms with E-state index in [9.17, 15) is 14.3 Å². The quantitative estimate of drug-likeness (QED) is 0.312. The Kier molecular flexibility index (Phi) is 9.97. The van der Waals surface area contributed by atoms with Crippen LogP contribution in [0.5, 0.6) is 5.75 Å². The van der Waals surface area contributed by atoms with Crippen LogP contribution in [0.3, 0.4) is 0 Å². The van der Waals surface area contributed by atoms with E-state index >= 15 is 0 Å². The summed E-state index contributed by atoms with van der Waals surface area (Å²) in [6.45, 7) is 5.70. The predicted molar refractivity (Wildman–Crippen MR) is 146 cm³/mol. The first-order chi connectivity index (χ1) is 18.4. The number of unbranched alkanes of at least 4 members (excludes halogenated alkanes) is 3. The number of hydrogen-bond donors (Lipinski definition) is 2. The van der Waals surface area contributed by atoms with E-state index in [1.165, 1.54) is 31.6 Å². The van der Waals surface area contributed by atoms with Crippen molar-refractivity contribution in [3.63, 3.8) is 0 Å². The zero-order chi connectivity index (χ0) is 27.1. The molecule has 3 heterocycles. The molecular weight excluding hydrogens is 485 g/mol. The summed E-state index contributed by atoms with van der Waals surface area (Å²) in [4.78, 5) is 18.7. The number of carboxylic acid groups (broad SMARTS) is 1. The second kappa shape index (κ2) is 13.4. The van der Waals surface area contributed by atoms with E-state index < -0.39 is 17.8 Å². The first-order valence-electron chi connectivity index (χ1n) is 14.0. The summed E-state index contributed by atoms with van der Waals surface area (Å²) in [6, 6.07) is 6.90. The van der Waals surface area contributed by atoms with E-state index in [-0.39, 0.29) is 17.8 Å². The van der Waals surface area contributed by atoms with Crippen LogP contribution in [0.2, 0.25) is 0 Å². The fourth-order valence-electron chi connectivity index (χ4n) is 5.68. The van der Waals surface area contributed by atoms with Gasteiger partial charge in [-0.15, -0.1) is 0 Å². The third-order valence-electron chi connectivity index (χ3n) is 7.83. The van der Waals surface area contributed by atoms with Gasteiger partial charge in [-0.2, -0.15) is 0 Å². The van der Waals surface area contributed by atoms with Crippen molar-refractivity contribution in [3.8, 4) is 5.75 Å². The standard InChI is InChI=1S/C30H42FN3O4/c1-20(2)22-17-25(28(37-3)26(31)18-22)27(30(35)36)34-15-13-24(19-34)38-16-7-5-4-6-10-23-12-11-21-9-8-14-32-29(21)33-23/h8-9,14,17-18,20,23-24,27H,4-7,10-13,15-16,19H2,1-3H3,(H,32,33)(H,35,36)/t23-,24-,27-/m1/s1. The lowest BCUT2D eigenvalue weighted by Gasteiger charge is -2.27. The number of carbonyl (C=O) groups is 1. The highest BCUT2D eigenvalue weighted by atomic mass is 19.1. The van der Waals surface area contributed by atoms with Crippen molar-refractivity contribution in [3.05, 3.63) is 53.0 Å². The lowest BCUT2D eigenvalue weighted by atomic mass is 9.95. The molecule has 2 aliphatic rings. The van der Waals surface area contributed by atoms with Crippen molar-refractivity contribution in [1.29, 1.82) is 0 Å². The minimum atomic E-state index is -1.00. The maximum Gasteiger partial charge on any atom is 0.325 e. The molecule has 1 aromatic carbocycles. The predicted octanol–water partition coefficient (Wildman–Crippen LogP) is 5.95. The number of rotatable bonds is 13. The number of pyridine rings is 1. The van der Waals surface area contributed by atoms with Gasteiger partial charge in [0, 0.05) is 37.5 Å². The highest BCUT2D eigenvalue weighted by Crippen LogP contribution is 2.37. The van der Waals surface area contributed by atoms with Gasteiger partial charge < -0.3 is 19.9 Å². The van der Waals surface area contributed by atoms with E-state index in [1.54, 1.807) is 6.07 Å². The molecule has 2 N–H and O–H groups in total. The molecule has 1 fully saturated rings. The minimum absolute atomic E-state index is 0.00932. The number of carboxylic acids is 1. The number of halogens is 1. The summed E-state index contributed by atoms with van der Waals surface area (Å²) in [5.74, 6) is -0.395. The molecule has 0 spiro atoms. The summed E-state index contributed by atoms with van der Waals surface area (Å²) in [5, 5.41) is 13.7. The summed E-state index contributed by atoms with van der Waals surface area (Å²) in [6.07, 6.45) is 10.5. The highest BCUT2D eigenvalue weighted by Gasteiger charge is 2.36. The van der Waals surface area contributed by atoms with Crippen molar-refractivity contribution >= 4 is 11.8 Å². The summed E-state index contributed by atoms with van der Waals surface area (Å²) >= 11 is 0. The minimum Gasteiger partial charge on any atom is -0.493 e. The monoisotopic (exact) mass is 527 g/mol. The van der Waals surface area contributed by atoms with Crippen molar-refractivity contribution < 1.29 is 23.8 Å². The van der Waals surface area contributed by atoms with Crippen LogP contribution in [0, 0.1) is 5.82 Å². The second-order valence-electron chi connectivity index (χ2n) is 10.9. The number of aromatic nitrogens is 1. The SMILES string of the molecule is COc1c(F)cc(C(C)C)cc1[C@H](C(=O)O)N1CC[C@@H](OCCCCCC[C@@H]2CCc3cccnc3N2)C1. The summed E-state index contributed by atoms with van der Waals surface area (Å²) < 4.78 is 26.2. The van der Waals surface area contributed by atoms with Gasteiger partial charge in [-0.3, -0.25) is 9.69 Å². The van der Waals surface area contributed by atoms with Crippen molar-refractivity contribution in [2.24, 2.45) is 0 Å². The largest absolute Gasteiger partial charge is 0.493 e. The Morgan fingerprint density at radius 3 is 2.82 bits per heavy atom. The topological polar surface area (TPSA) is 83.9 Å². The van der Waals surface area contributed by atoms with Gasteiger partial charge in [-0.05, 0) is 67.3 Å². The Hall–Kier alpha value is -2.71. The van der Waals surface area contributed by atoms with E-state index in [2.05, 4.69) is 16.4 Å². The molecule has 4 rings (SSSR count). The van der Waals surface area contributed by atoms with Gasteiger partial charge in [0.2, 0.25) is 0 Å². The molecule has 1 aromatic heterocycles. The number of fused-ring (bicyclic) bond motifs is 1. The Labute approximate surface area is 225 Å². The third-order valence-corrected chi connectivity index (χ3v) is 7.83. The van der Waals surface area contributed by atoms with Crippen LogP contribution in [0.1, 0.15) is 87.4 Å². The van der Waals surface area contributed by atoms with E-state index in [0.717, 1.165) is 49.9 Å². The number of hydrogen-bond acceptors (Lipinski definition) is 6. The average molecular weight is 528 g/mol. The van der Waals surface area contributed by atoms with Crippen LogP contribution in [0.4, 0.5) is 10.2 Å². The lowest BCUT2D eigenvalue weighted by Crippen LogP contribution is -2.34. The number of aliphatic carboxylic acids is 1. The third kappa shape index (κ3) is 7.03. The van der Waals surface area contributed by atoms with Crippen molar-refractivity contribution in [2.45, 2.75) is 89.3 Å². The molecule has 7 nitrogen and oxygen atoms in total. The molecule has 3 atom stereocenters. The number of methoxy groups -OCH3 is 1. The summed E-state index contributed by atoms with van der Waals surface area (Å²) in [5.41, 5.74) is 2.45. The fourth-order valence-corrected chi connectivity index (χ4v) is 5.68. The van der Waals surface area contributed by atoms with Gasteiger partial charge in [0.1, 0.15) is 11.9 Å². The number of nitrogens with zero attached hydrogens (tertiary/aromatic N) is 2. The molecule has 0 bridgehead atoms. The molecule has 0 aliphatic carbocycles. The first kappa shape index (κ1) is 28.3. The zero-order valence-corrected chi connectivity index (χ0v) is 22.9. The van der Waals surface area contributed by atoms with Crippen molar-refractivity contribution in [2.75, 3.05) is 32.1 Å². The molecule has 2 aromatic rings. The molecule has 0 unspecified atom stereocenters. The molecule has 208 valence electrons. The highest BCUT2D eigenvalue weighted by molar-refractivity contribution is 5.77. The van der Waals surface area contributed by atoms with Crippen LogP contribution in [-0.4, -0.2) is 59.9 Å². The number of nitrogens with one attached hydrogen (secondary N) is 1. The maximum absolute atomic E-state index is 14.8. The fraction of sp³-hybridized carbons (Fsp3) is 0.600. The number of likely N-dealkylation sites (tertiary alicyclic amines) is 1. The van der Waals surface area contributed by atoms with Crippen LogP contribution >= 0.6 is 0 Å². The Bertz CT molecular complexity index is 1080. The molecule has 8 heteroatoms. The molecule has 1 saturated heterocycles. The van der Waals surface area contributed by atoms with E-state index in [0.29, 0.717) is 31.3 Å². The van der Waals surface area contributed by atoms with Crippen LogP contribution in [-0.2, 0) is 16.0 Å². The lowest BCUT2D eigenvalue weighted by molar-refractivity contribution is -0.143. The van der Waals surface area contributed by atoms with Gasteiger partial charge in [-0.1, -0.05) is 39.2 Å². The second-order valence-corrected chi connectivity index (χ2v) is 10.9. The normalized spacial score (nSPS) is 20.2. The average Bonchev–Trinajstić information content (AvgIpc) is 3.35. The van der Waals surface area contributed by atoms with Crippen LogP contribution < -0.4 is 10.1 Å². The van der Waals surface area contributed by atoms with Gasteiger partial charge >= 0.3 is 5.97 Å². The van der Waals surface area contributed by atoms with Gasteiger partial charge in [-0.25, -0.2) is 9.37 Å². The van der Waals surface area contributed by atoms with E-state index in [4.69, 9.17) is 9.47 Å². The molecule has 0 saturated carbocycles. The molecule has 0 amide bonds. The van der Waals surface area contributed by atoms with Gasteiger partial charge in [0.25, 0.3) is 0 Å². The molecule has 0 radical (unpaired) electrons. The number of aryl methyl sites for hydroxylation is 1. The number of benzene rings is 1. The van der Waals surface area contributed by atoms with Crippen LogP contribution in [0.25, 0.3) is 0 Å². The van der Waals surface area contributed by atoms with Crippen molar-refractivity contribution in [1.82, 2.24) is 9.88 Å². The zero-order valence-electron chi connectivity index (χ0n) is 22.9. The summed E-state index contributed by atoms with van der Waals surface area (Å²) in [7, 11) is 1.38. The molecule has 2 aliphatic heterocycles. The number of ether oxygens (including phenoxy) is 2. The Morgan fingerprint density at radius 1 is 1.24 bits per heavy atom. The van der Waals surface area contributed by atoms with Crippen LogP contribution in [0.15, 0.2) is 30.5 Å².